The first-order valence-corrected chi connectivity index (χ1v) is 5.21. The number of halogens is 3. The van der Waals surface area contributed by atoms with E-state index in [0.29, 0.717) is 0 Å². The molecule has 4 heteroatoms. The zero-order chi connectivity index (χ0) is 12.0. The first-order valence-electron chi connectivity index (χ1n) is 5.21. The highest BCUT2D eigenvalue weighted by Crippen LogP contribution is 2.19. The monoisotopic (exact) mass is 231 g/mol. The average molecular weight is 231 g/mol. The molecule has 1 nitrogen and oxygen atoms in total. The Labute approximate surface area is 93.2 Å². The molecule has 0 atom stereocenters. The van der Waals surface area contributed by atoms with Crippen molar-refractivity contribution in [3.05, 3.63) is 29.8 Å². The van der Waals surface area contributed by atoms with Crippen LogP contribution in [0.25, 0.3) is 0 Å². The average Bonchev–Trinajstić information content (AvgIpc) is 2.23. The Morgan fingerprint density at radius 1 is 1.31 bits per heavy atom. The molecule has 1 aromatic carbocycles. The van der Waals surface area contributed by atoms with Crippen molar-refractivity contribution in [2.45, 2.75) is 32.4 Å². The van der Waals surface area contributed by atoms with Gasteiger partial charge in [0.05, 0.1) is 0 Å². The molecule has 16 heavy (non-hydrogen) atoms. The van der Waals surface area contributed by atoms with Crippen molar-refractivity contribution in [2.75, 3.05) is 6.61 Å². The van der Waals surface area contributed by atoms with Crippen LogP contribution in [-0.2, 0) is 6.42 Å². The molecule has 0 bridgehead atoms. The summed E-state index contributed by atoms with van der Waals surface area (Å²) in [7, 11) is 0. The minimum Gasteiger partial charge on any atom is -0.484 e. The van der Waals surface area contributed by atoms with Crippen LogP contribution in [0.2, 0.25) is 0 Å². The topological polar surface area (TPSA) is 9.23 Å². The summed E-state index contributed by atoms with van der Waals surface area (Å²) in [4.78, 5) is 0. The van der Waals surface area contributed by atoms with Gasteiger partial charge in [-0.25, -0.2) is 0 Å². The lowest BCUT2D eigenvalue weighted by molar-refractivity contribution is -0.153. The number of hydrogen-bond acceptors (Lipinski definition) is 1. The summed E-state index contributed by atoms with van der Waals surface area (Å²) in [6, 6.07) is 7.61. The summed E-state index contributed by atoms with van der Waals surface area (Å²) in [6.45, 7) is 0.811. The molecular weight excluding hydrogens is 217 g/mol. The van der Waals surface area contributed by atoms with Gasteiger partial charge in [0.25, 0.3) is 0 Å². The Bertz CT molecular complexity index is 320. The summed E-state index contributed by atoms with van der Waals surface area (Å²) < 4.78 is 40.4. The van der Waals surface area contributed by atoms with Crippen molar-refractivity contribution in [3.63, 3.8) is 0 Å². The number of hydrogen-bond donors (Lipinski definition) is 0. The van der Waals surface area contributed by atoms with Crippen LogP contribution >= 0.6 is 0 Å². The Morgan fingerprint density at radius 2 is 2.06 bits per heavy atom. The van der Waals surface area contributed by atoms with Crippen LogP contribution in [0.4, 0.5) is 13.2 Å². The molecule has 0 aliphatic heterocycles. The van der Waals surface area contributed by atoms with Crippen molar-refractivity contribution < 1.29 is 17.9 Å². The Morgan fingerprint density at radius 3 is 2.69 bits per heavy atom. The molecule has 1 rings (SSSR count). The van der Waals surface area contributed by atoms with Crippen molar-refractivity contribution in [3.8, 4) is 5.75 Å². The van der Waals surface area contributed by atoms with Crippen LogP contribution < -0.4 is 4.74 Å². The summed E-state index contributed by atoms with van der Waals surface area (Å²) in [5.74, 6) is 0.228. The number of unbranched alkanes of at least 4 members (excludes halogenated alkanes) is 1. The minimum atomic E-state index is -4.29. The van der Waals surface area contributed by atoms with E-state index < -0.39 is 12.8 Å². The van der Waals surface area contributed by atoms with Gasteiger partial charge in [-0.05, 0) is 36.6 Å². The van der Waals surface area contributed by atoms with Gasteiger partial charge in [0.15, 0.2) is 6.61 Å². The molecule has 0 unspecified atom stereocenters. The van der Waals surface area contributed by atoms with E-state index in [1.807, 2.05) is 0 Å². The molecule has 0 heterocycles. The highest BCUT2D eigenvalue weighted by Gasteiger charge is 2.28. The number of rotatable bonds is 5. The van der Waals surface area contributed by atoms with Gasteiger partial charge in [0, 0.05) is 0 Å². The molecule has 0 saturated carbocycles. The molecule has 0 N–H and O–H groups in total. The number of ether oxygens (including phenoxy) is 1. The smallest absolute Gasteiger partial charge is 0.422 e. The molecule has 0 aliphatic carbocycles. The lowest BCUT2D eigenvalue weighted by atomic mass is 10.1. The molecule has 0 amide bonds. The zero-order valence-corrected chi connectivity index (χ0v) is 9.10. The molecule has 0 aliphatic rings. The second kappa shape index (κ2) is 5.77. The SMILES string of the molecule is CCCCc1c[c]cc(OCC(F)(F)F)c1. The van der Waals surface area contributed by atoms with E-state index in [-0.39, 0.29) is 5.75 Å². The highest BCUT2D eigenvalue weighted by molar-refractivity contribution is 5.27. The fourth-order valence-corrected chi connectivity index (χ4v) is 1.27. The maximum absolute atomic E-state index is 11.9. The minimum absolute atomic E-state index is 0.228. The fourth-order valence-electron chi connectivity index (χ4n) is 1.27. The normalized spacial score (nSPS) is 11.5. The Kier molecular flexibility index (Phi) is 4.65. The third-order valence-corrected chi connectivity index (χ3v) is 2.04. The molecule has 0 saturated heterocycles. The van der Waals surface area contributed by atoms with Gasteiger partial charge in [-0.1, -0.05) is 19.4 Å². The Balaban J connectivity index is 2.53. The van der Waals surface area contributed by atoms with Gasteiger partial charge in [0.2, 0.25) is 0 Å². The van der Waals surface area contributed by atoms with Crippen LogP contribution in [0.3, 0.4) is 0 Å². The number of benzene rings is 1. The Hall–Kier alpha value is -1.19. The first-order chi connectivity index (χ1) is 7.51. The van der Waals surface area contributed by atoms with Gasteiger partial charge >= 0.3 is 6.18 Å². The maximum atomic E-state index is 11.9. The van der Waals surface area contributed by atoms with Crippen molar-refractivity contribution >= 4 is 0 Å². The zero-order valence-electron chi connectivity index (χ0n) is 9.10. The molecular formula is C12H14F3O. The second-order valence-corrected chi connectivity index (χ2v) is 3.58. The van der Waals surface area contributed by atoms with Gasteiger partial charge in [-0.15, -0.1) is 0 Å². The van der Waals surface area contributed by atoms with Gasteiger partial charge in [-0.2, -0.15) is 13.2 Å². The fraction of sp³-hybridized carbons (Fsp3) is 0.500. The van der Waals surface area contributed by atoms with Crippen LogP contribution in [0, 0.1) is 6.07 Å². The molecule has 0 spiro atoms. The van der Waals surface area contributed by atoms with Crippen molar-refractivity contribution in [1.29, 1.82) is 0 Å². The summed E-state index contributed by atoms with van der Waals surface area (Å²) in [6.07, 6.45) is -1.39. The van der Waals surface area contributed by atoms with E-state index in [1.54, 1.807) is 12.1 Å². The third kappa shape index (κ3) is 5.05. The molecule has 1 aromatic rings. The highest BCUT2D eigenvalue weighted by atomic mass is 19.4. The molecule has 89 valence electrons. The number of aryl methyl sites for hydroxylation is 1. The van der Waals surface area contributed by atoms with Crippen molar-refractivity contribution in [2.24, 2.45) is 0 Å². The quantitative estimate of drug-likeness (QED) is 0.749. The third-order valence-electron chi connectivity index (χ3n) is 2.04. The van der Waals surface area contributed by atoms with Crippen LogP contribution in [-0.4, -0.2) is 12.8 Å². The van der Waals surface area contributed by atoms with Crippen molar-refractivity contribution in [1.82, 2.24) is 0 Å². The predicted molar refractivity (Wildman–Crippen MR) is 55.4 cm³/mol. The van der Waals surface area contributed by atoms with E-state index in [4.69, 9.17) is 0 Å². The van der Waals surface area contributed by atoms with Crippen LogP contribution in [0.15, 0.2) is 18.2 Å². The standard InChI is InChI=1S/C12H14F3O/c1-2-3-5-10-6-4-7-11(8-10)16-9-12(13,14)15/h6-8H,2-3,5,9H2,1H3. The van der Waals surface area contributed by atoms with Gasteiger partial charge < -0.3 is 4.74 Å². The lowest BCUT2D eigenvalue weighted by Gasteiger charge is -2.09. The second-order valence-electron chi connectivity index (χ2n) is 3.58. The summed E-state index contributed by atoms with van der Waals surface area (Å²) >= 11 is 0. The lowest BCUT2D eigenvalue weighted by Crippen LogP contribution is -2.19. The first kappa shape index (κ1) is 12.9. The van der Waals surface area contributed by atoms with E-state index in [1.165, 1.54) is 6.07 Å². The number of alkyl halides is 3. The predicted octanol–water partition coefficient (Wildman–Crippen LogP) is 3.77. The van der Waals surface area contributed by atoms with Gasteiger partial charge in [-0.3, -0.25) is 0 Å². The maximum Gasteiger partial charge on any atom is 0.422 e. The summed E-state index contributed by atoms with van der Waals surface area (Å²) in [5, 5.41) is 0. The summed E-state index contributed by atoms with van der Waals surface area (Å²) in [5.41, 5.74) is 0.960. The molecule has 0 fully saturated rings. The molecule has 0 aromatic heterocycles. The van der Waals surface area contributed by atoms with E-state index in [9.17, 15) is 13.2 Å². The molecule has 1 radical (unpaired) electrons. The van der Waals surface area contributed by atoms with E-state index >= 15 is 0 Å². The largest absolute Gasteiger partial charge is 0.484 e. The van der Waals surface area contributed by atoms with E-state index in [0.717, 1.165) is 24.8 Å². The van der Waals surface area contributed by atoms with Gasteiger partial charge in [0.1, 0.15) is 5.75 Å². The van der Waals surface area contributed by atoms with Crippen LogP contribution in [0.1, 0.15) is 25.3 Å². The van der Waals surface area contributed by atoms with E-state index in [2.05, 4.69) is 17.7 Å². The van der Waals surface area contributed by atoms with Crippen LogP contribution in [0.5, 0.6) is 5.75 Å².